The predicted molar refractivity (Wildman–Crippen MR) is 76.6 cm³/mol. The summed E-state index contributed by atoms with van der Waals surface area (Å²) < 4.78 is 4.95. The third-order valence-corrected chi connectivity index (χ3v) is 2.83. The predicted octanol–water partition coefficient (Wildman–Crippen LogP) is 1.54. The molecule has 1 heterocycles. The summed E-state index contributed by atoms with van der Waals surface area (Å²) in [7, 11) is 0. The third-order valence-electron chi connectivity index (χ3n) is 2.83. The van der Waals surface area contributed by atoms with Crippen molar-refractivity contribution in [3.05, 3.63) is 23.9 Å². The maximum atomic E-state index is 11.9. The molecule has 0 aliphatic heterocycles. The third kappa shape index (κ3) is 4.22. The number of amides is 1. The highest BCUT2D eigenvalue weighted by atomic mass is 16.5. The van der Waals surface area contributed by atoms with Crippen molar-refractivity contribution in [2.24, 2.45) is 0 Å². The molecule has 20 heavy (non-hydrogen) atoms. The summed E-state index contributed by atoms with van der Waals surface area (Å²) in [6.07, 6.45) is 1.56. The molecule has 1 aromatic rings. The molecule has 1 rings (SSSR count). The Morgan fingerprint density at radius 3 is 2.60 bits per heavy atom. The maximum absolute atomic E-state index is 11.9. The van der Waals surface area contributed by atoms with Gasteiger partial charge in [0.1, 0.15) is 11.4 Å². The number of carbonyl (C=O) groups excluding carboxylic acids is 2. The van der Waals surface area contributed by atoms with E-state index in [0.29, 0.717) is 31.1 Å². The van der Waals surface area contributed by atoms with Crippen molar-refractivity contribution in [2.45, 2.75) is 20.8 Å². The van der Waals surface area contributed by atoms with Crippen LogP contribution in [0, 0.1) is 0 Å². The number of rotatable bonds is 7. The summed E-state index contributed by atoms with van der Waals surface area (Å²) >= 11 is 0. The Labute approximate surface area is 119 Å². The first kappa shape index (κ1) is 15.9. The Morgan fingerprint density at radius 2 is 2.00 bits per heavy atom. The summed E-state index contributed by atoms with van der Waals surface area (Å²) in [6, 6.07) is 3.28. The van der Waals surface area contributed by atoms with Gasteiger partial charge in [0.15, 0.2) is 0 Å². The van der Waals surface area contributed by atoms with Crippen LogP contribution in [0.4, 0.5) is 5.82 Å². The number of hydrogen-bond acceptors (Lipinski definition) is 5. The molecule has 0 aromatic carbocycles. The fraction of sp³-hybridized carbons (Fsp3) is 0.500. The molecule has 0 fully saturated rings. The van der Waals surface area contributed by atoms with Crippen molar-refractivity contribution in [3.63, 3.8) is 0 Å². The molecule has 6 nitrogen and oxygen atoms in total. The van der Waals surface area contributed by atoms with Crippen LogP contribution in [-0.2, 0) is 9.53 Å². The van der Waals surface area contributed by atoms with E-state index in [0.717, 1.165) is 0 Å². The first-order valence-corrected chi connectivity index (χ1v) is 6.77. The van der Waals surface area contributed by atoms with Gasteiger partial charge in [0.25, 0.3) is 0 Å². The Morgan fingerprint density at radius 1 is 1.30 bits per heavy atom. The highest BCUT2D eigenvalue weighted by Crippen LogP contribution is 2.12. The number of carbonyl (C=O) groups is 2. The zero-order chi connectivity index (χ0) is 15.0. The fourth-order valence-electron chi connectivity index (χ4n) is 1.77. The summed E-state index contributed by atoms with van der Waals surface area (Å²) in [4.78, 5) is 29.5. The Kier molecular flexibility index (Phi) is 6.49. The molecule has 0 saturated carbocycles. The minimum atomic E-state index is -0.446. The Hall–Kier alpha value is -2.11. The second-order valence-corrected chi connectivity index (χ2v) is 4.04. The number of ether oxygens (including phenoxy) is 1. The number of nitrogens with zero attached hydrogens (tertiary/aromatic N) is 2. The molecular weight excluding hydrogens is 258 g/mol. The van der Waals surface area contributed by atoms with Crippen molar-refractivity contribution >= 4 is 17.7 Å². The van der Waals surface area contributed by atoms with Gasteiger partial charge in [0.2, 0.25) is 5.91 Å². The standard InChI is InChI=1S/C14H21N3O3/c1-4-17(5-2)12(18)10-16-13-11(8-7-9-15-13)14(19)20-6-3/h7-9H,4-6,10H2,1-3H3,(H,15,16). The lowest BCUT2D eigenvalue weighted by Gasteiger charge is -2.19. The molecule has 0 spiro atoms. The molecule has 1 aromatic heterocycles. The number of likely N-dealkylation sites (N-methyl/N-ethyl adjacent to an activating group) is 1. The Balaban J connectivity index is 2.73. The van der Waals surface area contributed by atoms with E-state index in [4.69, 9.17) is 4.74 Å². The monoisotopic (exact) mass is 279 g/mol. The van der Waals surface area contributed by atoms with E-state index >= 15 is 0 Å². The van der Waals surface area contributed by atoms with Gasteiger partial charge >= 0.3 is 5.97 Å². The second kappa shape index (κ2) is 8.14. The molecule has 0 radical (unpaired) electrons. The summed E-state index contributed by atoms with van der Waals surface area (Å²) in [5.74, 6) is -0.111. The summed E-state index contributed by atoms with van der Waals surface area (Å²) in [5, 5.41) is 2.90. The van der Waals surface area contributed by atoms with Crippen molar-refractivity contribution in [3.8, 4) is 0 Å². The van der Waals surface area contributed by atoms with E-state index in [9.17, 15) is 9.59 Å². The van der Waals surface area contributed by atoms with Gasteiger partial charge in [-0.05, 0) is 32.9 Å². The van der Waals surface area contributed by atoms with Crippen LogP contribution in [0.3, 0.4) is 0 Å². The largest absolute Gasteiger partial charge is 0.462 e. The molecule has 1 N–H and O–H groups in total. The van der Waals surface area contributed by atoms with Crippen LogP contribution in [-0.4, -0.2) is 48.0 Å². The van der Waals surface area contributed by atoms with Gasteiger partial charge in [0, 0.05) is 19.3 Å². The van der Waals surface area contributed by atoms with Crippen LogP contribution in [0.15, 0.2) is 18.3 Å². The highest BCUT2D eigenvalue weighted by Gasteiger charge is 2.15. The molecule has 110 valence electrons. The highest BCUT2D eigenvalue weighted by molar-refractivity contribution is 5.95. The number of nitrogens with one attached hydrogen (secondary N) is 1. The minimum Gasteiger partial charge on any atom is -0.462 e. The molecule has 0 atom stereocenters. The lowest BCUT2D eigenvalue weighted by Crippen LogP contribution is -2.35. The van der Waals surface area contributed by atoms with Crippen LogP contribution in [0.25, 0.3) is 0 Å². The zero-order valence-electron chi connectivity index (χ0n) is 12.2. The molecule has 0 aliphatic rings. The molecule has 0 saturated heterocycles. The van der Waals surface area contributed by atoms with E-state index in [1.807, 2.05) is 13.8 Å². The van der Waals surface area contributed by atoms with Crippen LogP contribution in [0.1, 0.15) is 31.1 Å². The fourth-order valence-corrected chi connectivity index (χ4v) is 1.77. The van der Waals surface area contributed by atoms with E-state index in [-0.39, 0.29) is 12.5 Å². The smallest absolute Gasteiger partial charge is 0.341 e. The average Bonchev–Trinajstić information content (AvgIpc) is 2.47. The minimum absolute atomic E-state index is 0.0320. The lowest BCUT2D eigenvalue weighted by molar-refractivity contribution is -0.128. The topological polar surface area (TPSA) is 71.5 Å². The van der Waals surface area contributed by atoms with Crippen molar-refractivity contribution < 1.29 is 14.3 Å². The number of hydrogen-bond donors (Lipinski definition) is 1. The van der Waals surface area contributed by atoms with E-state index in [1.165, 1.54) is 0 Å². The van der Waals surface area contributed by atoms with Gasteiger partial charge in [-0.2, -0.15) is 0 Å². The van der Waals surface area contributed by atoms with E-state index in [1.54, 1.807) is 30.2 Å². The molecule has 0 bridgehead atoms. The van der Waals surface area contributed by atoms with Gasteiger partial charge in [-0.3, -0.25) is 4.79 Å². The number of pyridine rings is 1. The normalized spacial score (nSPS) is 9.95. The van der Waals surface area contributed by atoms with Gasteiger partial charge in [-0.1, -0.05) is 0 Å². The second-order valence-electron chi connectivity index (χ2n) is 4.04. The van der Waals surface area contributed by atoms with Crippen molar-refractivity contribution in [1.82, 2.24) is 9.88 Å². The van der Waals surface area contributed by atoms with E-state index < -0.39 is 5.97 Å². The maximum Gasteiger partial charge on any atom is 0.341 e. The number of aromatic nitrogens is 1. The summed E-state index contributed by atoms with van der Waals surface area (Å²) in [5.41, 5.74) is 0.335. The number of anilines is 1. The zero-order valence-corrected chi connectivity index (χ0v) is 12.2. The van der Waals surface area contributed by atoms with Gasteiger partial charge < -0.3 is 15.0 Å². The van der Waals surface area contributed by atoms with Crippen LogP contribution < -0.4 is 5.32 Å². The molecule has 0 unspecified atom stereocenters. The number of esters is 1. The quantitative estimate of drug-likeness (QED) is 0.767. The van der Waals surface area contributed by atoms with Crippen molar-refractivity contribution in [2.75, 3.05) is 31.6 Å². The van der Waals surface area contributed by atoms with E-state index in [2.05, 4.69) is 10.3 Å². The Bertz CT molecular complexity index is 459. The molecule has 6 heteroatoms. The lowest BCUT2D eigenvalue weighted by atomic mass is 10.2. The summed E-state index contributed by atoms with van der Waals surface area (Å²) in [6.45, 7) is 7.30. The SMILES string of the molecule is CCOC(=O)c1cccnc1NCC(=O)N(CC)CC. The molecule has 0 aliphatic carbocycles. The van der Waals surface area contributed by atoms with Gasteiger partial charge in [0.05, 0.1) is 13.2 Å². The first-order valence-electron chi connectivity index (χ1n) is 6.77. The molecule has 1 amide bonds. The van der Waals surface area contributed by atoms with Crippen LogP contribution >= 0.6 is 0 Å². The van der Waals surface area contributed by atoms with Crippen molar-refractivity contribution in [1.29, 1.82) is 0 Å². The van der Waals surface area contributed by atoms with Gasteiger partial charge in [-0.25, -0.2) is 9.78 Å². The van der Waals surface area contributed by atoms with Crippen LogP contribution in [0.2, 0.25) is 0 Å². The van der Waals surface area contributed by atoms with Crippen LogP contribution in [0.5, 0.6) is 0 Å². The molecular formula is C14H21N3O3. The van der Waals surface area contributed by atoms with Gasteiger partial charge in [-0.15, -0.1) is 0 Å². The first-order chi connectivity index (χ1) is 9.63. The average molecular weight is 279 g/mol.